The van der Waals surface area contributed by atoms with E-state index in [0.717, 1.165) is 18.9 Å². The van der Waals surface area contributed by atoms with Crippen LogP contribution in [-0.2, 0) is 6.54 Å². The van der Waals surface area contributed by atoms with E-state index < -0.39 is 0 Å². The standard InChI is InChI=1S/C16H21N5/c1-2-4-13(5-3-1)15-19-20-16-14(18-10-11-21(15)16)12-6-8-17-9-7-12/h6-9,13-14,18H,1-5,10-11H2. The summed E-state index contributed by atoms with van der Waals surface area (Å²) in [7, 11) is 0. The minimum atomic E-state index is 0.145. The number of hydrogen-bond acceptors (Lipinski definition) is 4. The van der Waals surface area contributed by atoms with E-state index in [-0.39, 0.29) is 6.04 Å². The molecule has 0 saturated heterocycles. The summed E-state index contributed by atoms with van der Waals surface area (Å²) < 4.78 is 2.36. The van der Waals surface area contributed by atoms with Crippen LogP contribution in [0.15, 0.2) is 24.5 Å². The number of nitrogens with one attached hydrogen (secondary N) is 1. The van der Waals surface area contributed by atoms with E-state index >= 15 is 0 Å². The van der Waals surface area contributed by atoms with Crippen LogP contribution in [0.1, 0.15) is 61.3 Å². The highest BCUT2D eigenvalue weighted by atomic mass is 15.3. The van der Waals surface area contributed by atoms with E-state index in [4.69, 9.17) is 0 Å². The molecule has 1 atom stereocenters. The Morgan fingerprint density at radius 2 is 1.76 bits per heavy atom. The Balaban J connectivity index is 1.68. The Morgan fingerprint density at radius 1 is 1.00 bits per heavy atom. The fourth-order valence-electron chi connectivity index (χ4n) is 3.67. The molecule has 110 valence electrons. The van der Waals surface area contributed by atoms with Crippen LogP contribution in [0.5, 0.6) is 0 Å². The Kier molecular flexibility index (Phi) is 3.43. The van der Waals surface area contributed by atoms with Crippen LogP contribution in [0.25, 0.3) is 0 Å². The lowest BCUT2D eigenvalue weighted by Crippen LogP contribution is -2.35. The second kappa shape index (κ2) is 5.56. The molecule has 1 aliphatic carbocycles. The second-order valence-electron chi connectivity index (χ2n) is 6.07. The van der Waals surface area contributed by atoms with E-state index in [1.54, 1.807) is 0 Å². The monoisotopic (exact) mass is 283 g/mol. The fourth-order valence-corrected chi connectivity index (χ4v) is 3.67. The SMILES string of the molecule is c1cc(C2NCCn3c(C4CCCCC4)nnc32)ccn1. The summed E-state index contributed by atoms with van der Waals surface area (Å²) in [5, 5.41) is 12.6. The maximum atomic E-state index is 4.55. The van der Waals surface area contributed by atoms with Gasteiger partial charge in [-0.1, -0.05) is 19.3 Å². The molecule has 2 aromatic rings. The lowest BCUT2D eigenvalue weighted by atomic mass is 9.88. The van der Waals surface area contributed by atoms with Crippen molar-refractivity contribution >= 4 is 0 Å². The van der Waals surface area contributed by atoms with Crippen molar-refractivity contribution < 1.29 is 0 Å². The highest BCUT2D eigenvalue weighted by molar-refractivity contribution is 5.24. The molecule has 0 radical (unpaired) electrons. The largest absolute Gasteiger partial charge is 0.312 e. The topological polar surface area (TPSA) is 55.6 Å². The third-order valence-corrected chi connectivity index (χ3v) is 4.76. The molecule has 1 aliphatic heterocycles. The van der Waals surface area contributed by atoms with Crippen molar-refractivity contribution in [1.29, 1.82) is 0 Å². The molecule has 21 heavy (non-hydrogen) atoms. The first-order valence-corrected chi connectivity index (χ1v) is 8.00. The number of aromatic nitrogens is 4. The van der Waals surface area contributed by atoms with Gasteiger partial charge in [0, 0.05) is 31.4 Å². The lowest BCUT2D eigenvalue weighted by Gasteiger charge is -2.28. The van der Waals surface area contributed by atoms with Crippen LogP contribution in [0.3, 0.4) is 0 Å². The molecule has 0 bridgehead atoms. The highest BCUT2D eigenvalue weighted by Crippen LogP contribution is 2.34. The summed E-state index contributed by atoms with van der Waals surface area (Å²) in [6.45, 7) is 1.95. The quantitative estimate of drug-likeness (QED) is 0.919. The second-order valence-corrected chi connectivity index (χ2v) is 6.07. The van der Waals surface area contributed by atoms with E-state index in [1.165, 1.54) is 43.5 Å². The van der Waals surface area contributed by atoms with Crippen molar-refractivity contribution in [1.82, 2.24) is 25.1 Å². The molecule has 5 heteroatoms. The van der Waals surface area contributed by atoms with E-state index in [2.05, 4.69) is 37.2 Å². The van der Waals surface area contributed by atoms with Crippen molar-refractivity contribution in [2.45, 2.75) is 50.6 Å². The van der Waals surface area contributed by atoms with Crippen LogP contribution < -0.4 is 5.32 Å². The van der Waals surface area contributed by atoms with Gasteiger partial charge in [0.2, 0.25) is 0 Å². The predicted molar refractivity (Wildman–Crippen MR) is 79.9 cm³/mol. The van der Waals surface area contributed by atoms with Gasteiger partial charge in [-0.15, -0.1) is 10.2 Å². The minimum absolute atomic E-state index is 0.145. The number of rotatable bonds is 2. The highest BCUT2D eigenvalue weighted by Gasteiger charge is 2.29. The fraction of sp³-hybridized carbons (Fsp3) is 0.562. The molecule has 2 aliphatic rings. The van der Waals surface area contributed by atoms with Crippen molar-refractivity contribution in [2.75, 3.05) is 6.54 Å². The van der Waals surface area contributed by atoms with Gasteiger partial charge in [-0.05, 0) is 30.5 Å². The first-order valence-electron chi connectivity index (χ1n) is 8.00. The molecular formula is C16H21N5. The Morgan fingerprint density at radius 3 is 2.57 bits per heavy atom. The first-order chi connectivity index (χ1) is 10.4. The van der Waals surface area contributed by atoms with E-state index in [0.29, 0.717) is 5.92 Å². The molecule has 1 unspecified atom stereocenters. The van der Waals surface area contributed by atoms with Gasteiger partial charge in [0.25, 0.3) is 0 Å². The summed E-state index contributed by atoms with van der Waals surface area (Å²) in [6, 6.07) is 4.26. The van der Waals surface area contributed by atoms with Crippen LogP contribution in [0, 0.1) is 0 Å². The smallest absolute Gasteiger partial charge is 0.154 e. The molecule has 0 aromatic carbocycles. The molecule has 3 heterocycles. The van der Waals surface area contributed by atoms with Gasteiger partial charge >= 0.3 is 0 Å². The molecule has 0 spiro atoms. The van der Waals surface area contributed by atoms with Crippen molar-refractivity contribution in [3.63, 3.8) is 0 Å². The van der Waals surface area contributed by atoms with Gasteiger partial charge in [0.05, 0.1) is 6.04 Å². The van der Waals surface area contributed by atoms with Crippen molar-refractivity contribution in [3.05, 3.63) is 41.7 Å². The van der Waals surface area contributed by atoms with E-state index in [9.17, 15) is 0 Å². The van der Waals surface area contributed by atoms with Crippen LogP contribution in [-0.4, -0.2) is 26.3 Å². The Labute approximate surface area is 124 Å². The van der Waals surface area contributed by atoms with Crippen LogP contribution >= 0.6 is 0 Å². The molecule has 0 amide bonds. The summed E-state index contributed by atoms with van der Waals surface area (Å²) in [5.41, 5.74) is 1.22. The normalized spacial score (nSPS) is 23.0. The number of nitrogens with zero attached hydrogens (tertiary/aromatic N) is 4. The van der Waals surface area contributed by atoms with Crippen molar-refractivity contribution in [2.24, 2.45) is 0 Å². The zero-order valence-corrected chi connectivity index (χ0v) is 12.2. The third-order valence-electron chi connectivity index (χ3n) is 4.76. The summed E-state index contributed by atoms with van der Waals surface area (Å²) in [6.07, 6.45) is 10.3. The van der Waals surface area contributed by atoms with Gasteiger partial charge in [0.1, 0.15) is 5.82 Å². The van der Waals surface area contributed by atoms with Gasteiger partial charge < -0.3 is 9.88 Å². The summed E-state index contributed by atoms with van der Waals surface area (Å²) >= 11 is 0. The average Bonchev–Trinajstić information content (AvgIpc) is 3.00. The molecule has 4 rings (SSSR count). The summed E-state index contributed by atoms with van der Waals surface area (Å²) in [5.74, 6) is 2.88. The van der Waals surface area contributed by atoms with Crippen LogP contribution in [0.2, 0.25) is 0 Å². The van der Waals surface area contributed by atoms with Crippen molar-refractivity contribution in [3.8, 4) is 0 Å². The number of hydrogen-bond donors (Lipinski definition) is 1. The maximum absolute atomic E-state index is 4.55. The van der Waals surface area contributed by atoms with Crippen LogP contribution in [0.4, 0.5) is 0 Å². The molecule has 1 saturated carbocycles. The maximum Gasteiger partial charge on any atom is 0.154 e. The molecular weight excluding hydrogens is 262 g/mol. The molecule has 1 N–H and O–H groups in total. The van der Waals surface area contributed by atoms with E-state index in [1.807, 2.05) is 12.4 Å². The number of pyridine rings is 1. The van der Waals surface area contributed by atoms with Gasteiger partial charge in [-0.2, -0.15) is 0 Å². The third kappa shape index (κ3) is 2.35. The average molecular weight is 283 g/mol. The number of fused-ring (bicyclic) bond motifs is 1. The zero-order chi connectivity index (χ0) is 14.1. The van der Waals surface area contributed by atoms with Gasteiger partial charge in [0.15, 0.2) is 5.82 Å². The molecule has 2 aromatic heterocycles. The van der Waals surface area contributed by atoms with Gasteiger partial charge in [-0.3, -0.25) is 4.98 Å². The summed E-state index contributed by atoms with van der Waals surface area (Å²) in [4.78, 5) is 4.10. The molecule has 1 fully saturated rings. The van der Waals surface area contributed by atoms with Gasteiger partial charge in [-0.25, -0.2) is 0 Å². The predicted octanol–water partition coefficient (Wildman–Crippen LogP) is 2.41. The first kappa shape index (κ1) is 13.0. The molecule has 5 nitrogen and oxygen atoms in total. The minimum Gasteiger partial charge on any atom is -0.312 e. The lowest BCUT2D eigenvalue weighted by molar-refractivity contribution is 0.392. The Bertz CT molecular complexity index is 600. The Hall–Kier alpha value is -1.75. The zero-order valence-electron chi connectivity index (χ0n) is 12.2.